The van der Waals surface area contributed by atoms with Crippen molar-refractivity contribution in [2.45, 2.75) is 19.4 Å². The molecule has 3 N–H and O–H groups in total. The standard InChI is InChI=1S/C26H29N5O4/c1-29(26(33)34)11-4-2-3-6-19-7-5-8-21(16-19)23-22-10-9-20(17-30-12-14-35-15-13-30)18-31(22)25(28-23)24(27)32/h5,7-10,16,18H,2,4,11-15,17H2,1H3,(H2,27,32)(H,33,34). The molecule has 0 spiro atoms. The molecule has 0 aliphatic carbocycles. The Morgan fingerprint density at radius 2 is 2.03 bits per heavy atom. The summed E-state index contributed by atoms with van der Waals surface area (Å²) in [6.45, 7) is 4.40. The van der Waals surface area contributed by atoms with Crippen LogP contribution in [0.3, 0.4) is 0 Å². The van der Waals surface area contributed by atoms with Gasteiger partial charge in [-0.2, -0.15) is 0 Å². The first-order chi connectivity index (χ1) is 16.9. The number of amides is 2. The van der Waals surface area contributed by atoms with E-state index in [2.05, 4.69) is 27.8 Å². The van der Waals surface area contributed by atoms with Crippen molar-refractivity contribution in [3.05, 3.63) is 59.5 Å². The topological polar surface area (TPSA) is 113 Å². The number of hydrogen-bond acceptors (Lipinski definition) is 5. The van der Waals surface area contributed by atoms with Crippen LogP contribution in [0.5, 0.6) is 0 Å². The summed E-state index contributed by atoms with van der Waals surface area (Å²) in [7, 11) is 1.54. The Kier molecular flexibility index (Phi) is 7.65. The van der Waals surface area contributed by atoms with Crippen LogP contribution in [0.25, 0.3) is 16.8 Å². The second-order valence-corrected chi connectivity index (χ2v) is 8.52. The molecule has 0 saturated carbocycles. The molecule has 1 aliphatic rings. The molecule has 0 radical (unpaired) electrons. The maximum atomic E-state index is 12.2. The fourth-order valence-corrected chi connectivity index (χ4v) is 4.04. The van der Waals surface area contributed by atoms with Crippen LogP contribution in [-0.2, 0) is 11.3 Å². The zero-order chi connectivity index (χ0) is 24.8. The third-order valence-corrected chi connectivity index (χ3v) is 5.92. The van der Waals surface area contributed by atoms with E-state index in [4.69, 9.17) is 15.6 Å². The van der Waals surface area contributed by atoms with Gasteiger partial charge in [-0.05, 0) is 30.2 Å². The molecule has 2 aromatic heterocycles. The lowest BCUT2D eigenvalue weighted by Crippen LogP contribution is -2.35. The minimum atomic E-state index is -0.943. The number of fused-ring (bicyclic) bond motifs is 1. The molecule has 35 heavy (non-hydrogen) atoms. The van der Waals surface area contributed by atoms with E-state index in [-0.39, 0.29) is 5.82 Å². The fraction of sp³-hybridized carbons (Fsp3) is 0.346. The highest BCUT2D eigenvalue weighted by Crippen LogP contribution is 2.26. The molecule has 182 valence electrons. The van der Waals surface area contributed by atoms with Crippen molar-refractivity contribution in [2.24, 2.45) is 5.73 Å². The maximum Gasteiger partial charge on any atom is 0.407 e. The van der Waals surface area contributed by atoms with E-state index in [9.17, 15) is 9.59 Å². The number of morpholine rings is 1. The Balaban J connectivity index is 1.56. The highest BCUT2D eigenvalue weighted by Gasteiger charge is 2.18. The number of nitrogens with two attached hydrogens (primary N) is 1. The number of primary amides is 1. The summed E-state index contributed by atoms with van der Waals surface area (Å²) < 4.78 is 7.19. The summed E-state index contributed by atoms with van der Waals surface area (Å²) >= 11 is 0. The number of nitrogens with zero attached hydrogens (tertiary/aromatic N) is 4. The van der Waals surface area contributed by atoms with Crippen LogP contribution < -0.4 is 5.73 Å². The maximum absolute atomic E-state index is 12.2. The van der Waals surface area contributed by atoms with Crippen LogP contribution in [0.15, 0.2) is 42.6 Å². The summed E-state index contributed by atoms with van der Waals surface area (Å²) in [5.74, 6) is 5.84. The molecule has 1 aliphatic heterocycles. The van der Waals surface area contributed by atoms with E-state index in [0.717, 1.165) is 55.1 Å². The normalized spacial score (nSPS) is 13.9. The van der Waals surface area contributed by atoms with Gasteiger partial charge in [0.05, 0.1) is 24.4 Å². The average molecular weight is 476 g/mol. The zero-order valence-corrected chi connectivity index (χ0v) is 19.7. The number of ether oxygens (including phenoxy) is 1. The predicted octanol–water partition coefficient (Wildman–Crippen LogP) is 2.67. The number of aromatic nitrogens is 2. The van der Waals surface area contributed by atoms with Crippen molar-refractivity contribution < 1.29 is 19.4 Å². The molecule has 0 atom stereocenters. The lowest BCUT2D eigenvalue weighted by atomic mass is 10.1. The molecule has 1 aromatic carbocycles. The first-order valence-corrected chi connectivity index (χ1v) is 11.6. The summed E-state index contributed by atoms with van der Waals surface area (Å²) in [5, 5.41) is 8.90. The molecule has 9 nitrogen and oxygen atoms in total. The number of hydrogen-bond donors (Lipinski definition) is 2. The number of carbonyl (C=O) groups excluding carboxylic acids is 1. The van der Waals surface area contributed by atoms with Gasteiger partial charge in [0.25, 0.3) is 5.91 Å². The van der Waals surface area contributed by atoms with E-state index in [1.54, 1.807) is 11.4 Å². The van der Waals surface area contributed by atoms with E-state index >= 15 is 0 Å². The first kappa shape index (κ1) is 24.3. The number of unbranched alkanes of at least 4 members (excludes halogenated alkanes) is 1. The Hall–Kier alpha value is -3.87. The molecular formula is C26H29N5O4. The Morgan fingerprint density at radius 3 is 2.77 bits per heavy atom. The van der Waals surface area contributed by atoms with Gasteiger partial charge in [-0.3, -0.25) is 14.1 Å². The second-order valence-electron chi connectivity index (χ2n) is 8.52. The van der Waals surface area contributed by atoms with Crippen LogP contribution in [0.2, 0.25) is 0 Å². The number of benzene rings is 1. The summed E-state index contributed by atoms with van der Waals surface area (Å²) in [5.41, 5.74) is 9.85. The van der Waals surface area contributed by atoms with Gasteiger partial charge in [0.2, 0.25) is 5.82 Å². The zero-order valence-electron chi connectivity index (χ0n) is 19.7. The molecule has 9 heteroatoms. The molecule has 3 aromatic rings. The van der Waals surface area contributed by atoms with E-state index in [1.165, 1.54) is 4.90 Å². The van der Waals surface area contributed by atoms with Crippen LogP contribution in [0.4, 0.5) is 4.79 Å². The molecule has 3 heterocycles. The third kappa shape index (κ3) is 5.98. The molecule has 1 saturated heterocycles. The number of imidazole rings is 1. The van der Waals surface area contributed by atoms with Crippen LogP contribution in [0.1, 0.15) is 34.6 Å². The Morgan fingerprint density at radius 1 is 1.23 bits per heavy atom. The largest absolute Gasteiger partial charge is 0.465 e. The minimum Gasteiger partial charge on any atom is -0.465 e. The molecular weight excluding hydrogens is 446 g/mol. The van der Waals surface area contributed by atoms with Crippen LogP contribution in [-0.4, -0.2) is 76.2 Å². The van der Waals surface area contributed by atoms with Gasteiger partial charge >= 0.3 is 6.09 Å². The molecule has 2 amide bonds. The first-order valence-electron chi connectivity index (χ1n) is 11.6. The Labute approximate surface area is 204 Å². The number of rotatable bonds is 7. The van der Waals surface area contributed by atoms with Gasteiger partial charge in [0.1, 0.15) is 0 Å². The molecule has 0 bridgehead atoms. The van der Waals surface area contributed by atoms with E-state index in [1.807, 2.05) is 36.5 Å². The van der Waals surface area contributed by atoms with Crippen molar-refractivity contribution in [1.82, 2.24) is 19.2 Å². The van der Waals surface area contributed by atoms with Crippen molar-refractivity contribution in [3.63, 3.8) is 0 Å². The molecule has 1 fully saturated rings. The van der Waals surface area contributed by atoms with E-state index in [0.29, 0.717) is 25.1 Å². The monoisotopic (exact) mass is 475 g/mol. The van der Waals surface area contributed by atoms with Crippen molar-refractivity contribution in [2.75, 3.05) is 39.9 Å². The van der Waals surface area contributed by atoms with Crippen LogP contribution >= 0.6 is 0 Å². The smallest absolute Gasteiger partial charge is 0.407 e. The van der Waals surface area contributed by atoms with Crippen molar-refractivity contribution in [3.8, 4) is 23.1 Å². The summed E-state index contributed by atoms with van der Waals surface area (Å²) in [6, 6.07) is 11.7. The highest BCUT2D eigenvalue weighted by atomic mass is 16.5. The molecule has 4 rings (SSSR count). The minimum absolute atomic E-state index is 0.192. The lowest BCUT2D eigenvalue weighted by molar-refractivity contribution is 0.0341. The molecule has 0 unspecified atom stereocenters. The van der Waals surface area contributed by atoms with Crippen LogP contribution in [0, 0.1) is 11.8 Å². The number of carbonyl (C=O) groups is 2. The Bertz CT molecular complexity index is 1280. The summed E-state index contributed by atoms with van der Waals surface area (Å²) in [6.07, 6.45) is 2.24. The van der Waals surface area contributed by atoms with Gasteiger partial charge in [0, 0.05) is 57.0 Å². The van der Waals surface area contributed by atoms with Gasteiger partial charge < -0.3 is 20.5 Å². The van der Waals surface area contributed by atoms with Crippen molar-refractivity contribution >= 4 is 17.5 Å². The van der Waals surface area contributed by atoms with Gasteiger partial charge in [-0.15, -0.1) is 0 Å². The highest BCUT2D eigenvalue weighted by molar-refractivity contribution is 5.93. The average Bonchev–Trinajstić information content (AvgIpc) is 3.24. The SMILES string of the molecule is CN(CCCC#Cc1cccc(-c2nc(C(N)=O)n3cc(CN4CCOCC4)ccc23)c1)C(=O)O. The predicted molar refractivity (Wildman–Crippen MR) is 132 cm³/mol. The second kappa shape index (κ2) is 11.0. The third-order valence-electron chi connectivity index (χ3n) is 5.92. The quantitative estimate of drug-likeness (QED) is 0.401. The van der Waals surface area contributed by atoms with Gasteiger partial charge in [0.15, 0.2) is 0 Å². The lowest BCUT2D eigenvalue weighted by Gasteiger charge is -2.26. The van der Waals surface area contributed by atoms with Gasteiger partial charge in [-0.25, -0.2) is 9.78 Å². The summed E-state index contributed by atoms with van der Waals surface area (Å²) in [4.78, 5) is 31.2. The number of carboxylic acid groups (broad SMARTS) is 1. The fourth-order valence-electron chi connectivity index (χ4n) is 4.04. The van der Waals surface area contributed by atoms with Crippen molar-refractivity contribution in [1.29, 1.82) is 0 Å². The van der Waals surface area contributed by atoms with Gasteiger partial charge in [-0.1, -0.05) is 30.0 Å². The number of pyridine rings is 1. The van der Waals surface area contributed by atoms with E-state index < -0.39 is 12.0 Å².